The second kappa shape index (κ2) is 10.8. The van der Waals surface area contributed by atoms with Gasteiger partial charge in [-0.25, -0.2) is 0 Å². The maximum absolute atomic E-state index is 12.5. The van der Waals surface area contributed by atoms with Gasteiger partial charge in [-0.15, -0.1) is 0 Å². The van der Waals surface area contributed by atoms with Crippen molar-refractivity contribution in [3.05, 3.63) is 29.8 Å². The molecular weight excluding hydrogens is 324 g/mol. The third-order valence-electron chi connectivity index (χ3n) is 5.33. The number of guanidine groups is 1. The number of carbonyl (C=O) groups is 1. The van der Waals surface area contributed by atoms with Gasteiger partial charge >= 0.3 is 0 Å². The summed E-state index contributed by atoms with van der Waals surface area (Å²) in [6.07, 6.45) is 8.40. The lowest BCUT2D eigenvalue weighted by molar-refractivity contribution is -0.121. The Labute approximate surface area is 158 Å². The van der Waals surface area contributed by atoms with E-state index in [1.807, 2.05) is 31.3 Å². The number of hydrogen-bond donors (Lipinski definition) is 3. The highest BCUT2D eigenvalue weighted by Crippen LogP contribution is 2.32. The van der Waals surface area contributed by atoms with Crippen LogP contribution in [0.25, 0.3) is 0 Å². The van der Waals surface area contributed by atoms with Gasteiger partial charge in [0.1, 0.15) is 0 Å². The smallest absolute Gasteiger partial charge is 0.227 e. The number of nitrogens with zero attached hydrogens (tertiary/aromatic N) is 1. The van der Waals surface area contributed by atoms with Crippen LogP contribution >= 0.6 is 0 Å². The Balaban J connectivity index is 1.77. The number of hydrogen-bond acceptors (Lipinski definition) is 2. The molecule has 144 valence electrons. The second-order valence-electron chi connectivity index (χ2n) is 7.22. The van der Waals surface area contributed by atoms with Crippen molar-refractivity contribution in [2.45, 2.75) is 58.4 Å². The van der Waals surface area contributed by atoms with Gasteiger partial charge in [-0.05, 0) is 49.3 Å². The first-order valence-corrected chi connectivity index (χ1v) is 9.94. The van der Waals surface area contributed by atoms with Crippen LogP contribution in [-0.2, 0) is 11.3 Å². The van der Waals surface area contributed by atoms with Crippen LogP contribution in [0, 0.1) is 11.8 Å². The van der Waals surface area contributed by atoms with Crippen LogP contribution in [0.5, 0.6) is 0 Å². The maximum atomic E-state index is 12.5. The van der Waals surface area contributed by atoms with Crippen molar-refractivity contribution in [2.75, 3.05) is 19.4 Å². The lowest BCUT2D eigenvalue weighted by Gasteiger charge is -2.27. The van der Waals surface area contributed by atoms with Crippen molar-refractivity contribution in [1.82, 2.24) is 10.6 Å². The minimum absolute atomic E-state index is 0.174. The molecule has 1 aromatic carbocycles. The Kier molecular flexibility index (Phi) is 8.45. The van der Waals surface area contributed by atoms with Gasteiger partial charge in [0.05, 0.1) is 0 Å². The largest absolute Gasteiger partial charge is 0.359 e. The van der Waals surface area contributed by atoms with Gasteiger partial charge in [0.2, 0.25) is 5.91 Å². The van der Waals surface area contributed by atoms with E-state index in [0.29, 0.717) is 6.54 Å². The first-order chi connectivity index (χ1) is 12.7. The maximum Gasteiger partial charge on any atom is 0.227 e. The molecule has 1 fully saturated rings. The molecule has 0 heterocycles. The van der Waals surface area contributed by atoms with Crippen LogP contribution in [0.15, 0.2) is 29.3 Å². The molecule has 0 radical (unpaired) electrons. The summed E-state index contributed by atoms with van der Waals surface area (Å²) in [4.78, 5) is 16.6. The molecule has 1 aliphatic carbocycles. The third kappa shape index (κ3) is 6.36. The number of rotatable bonds is 7. The second-order valence-corrected chi connectivity index (χ2v) is 7.22. The predicted octanol–water partition coefficient (Wildman–Crippen LogP) is 3.92. The Morgan fingerprint density at radius 1 is 1.15 bits per heavy atom. The normalized spacial score (nSPS) is 20.5. The number of benzene rings is 1. The highest BCUT2D eigenvalue weighted by Gasteiger charge is 2.25. The number of anilines is 1. The monoisotopic (exact) mass is 358 g/mol. The van der Waals surface area contributed by atoms with E-state index in [4.69, 9.17) is 0 Å². The van der Waals surface area contributed by atoms with Crippen molar-refractivity contribution in [3.63, 3.8) is 0 Å². The molecule has 2 rings (SSSR count). The highest BCUT2D eigenvalue weighted by molar-refractivity contribution is 5.92. The third-order valence-corrected chi connectivity index (χ3v) is 5.33. The van der Waals surface area contributed by atoms with Gasteiger partial charge in [0.15, 0.2) is 5.96 Å². The zero-order chi connectivity index (χ0) is 18.8. The van der Waals surface area contributed by atoms with Crippen LogP contribution in [0.3, 0.4) is 0 Å². The van der Waals surface area contributed by atoms with Crippen molar-refractivity contribution in [1.29, 1.82) is 0 Å². The molecule has 3 N–H and O–H groups in total. The molecule has 1 aliphatic rings. The van der Waals surface area contributed by atoms with Crippen LogP contribution in [0.1, 0.15) is 57.4 Å². The molecule has 0 aliphatic heterocycles. The number of amides is 1. The number of unbranched alkanes of at least 4 members (excludes halogenated alkanes) is 1. The van der Waals surface area contributed by atoms with E-state index in [1.165, 1.54) is 32.1 Å². The lowest BCUT2D eigenvalue weighted by Crippen LogP contribution is -2.34. The predicted molar refractivity (Wildman–Crippen MR) is 109 cm³/mol. The molecule has 5 heteroatoms. The molecule has 0 spiro atoms. The fourth-order valence-corrected chi connectivity index (χ4v) is 3.62. The van der Waals surface area contributed by atoms with Gasteiger partial charge in [-0.3, -0.25) is 9.79 Å². The van der Waals surface area contributed by atoms with Crippen LogP contribution in [0.4, 0.5) is 5.69 Å². The summed E-state index contributed by atoms with van der Waals surface area (Å²) in [5.74, 6) is 1.95. The molecule has 0 bridgehead atoms. The minimum atomic E-state index is 0.174. The summed E-state index contributed by atoms with van der Waals surface area (Å²) in [7, 11) is 3.58. The first-order valence-electron chi connectivity index (χ1n) is 9.94. The number of nitrogens with one attached hydrogen (secondary N) is 3. The summed E-state index contributed by atoms with van der Waals surface area (Å²) >= 11 is 0. The Morgan fingerprint density at radius 2 is 1.85 bits per heavy atom. The zero-order valence-electron chi connectivity index (χ0n) is 16.5. The molecule has 1 aromatic rings. The summed E-state index contributed by atoms with van der Waals surface area (Å²) < 4.78 is 0. The number of aliphatic imine (C=N–C) groups is 1. The fourth-order valence-electron chi connectivity index (χ4n) is 3.62. The highest BCUT2D eigenvalue weighted by atomic mass is 16.1. The Hall–Kier alpha value is -2.04. The van der Waals surface area contributed by atoms with Gasteiger partial charge in [0, 0.05) is 32.2 Å². The van der Waals surface area contributed by atoms with Gasteiger partial charge in [-0.1, -0.05) is 38.3 Å². The van der Waals surface area contributed by atoms with Gasteiger partial charge in [-0.2, -0.15) is 0 Å². The summed E-state index contributed by atoms with van der Waals surface area (Å²) in [6.45, 7) is 2.95. The van der Waals surface area contributed by atoms with Gasteiger partial charge < -0.3 is 16.0 Å². The molecule has 1 amide bonds. The molecule has 0 saturated heterocycles. The van der Waals surface area contributed by atoms with Crippen LogP contribution in [0.2, 0.25) is 0 Å². The fraction of sp³-hybridized carbons (Fsp3) is 0.619. The average Bonchev–Trinajstić information content (AvgIpc) is 2.68. The summed E-state index contributed by atoms with van der Waals surface area (Å²) in [6, 6.07) is 8.02. The van der Waals surface area contributed by atoms with E-state index in [9.17, 15) is 4.79 Å². The average molecular weight is 359 g/mol. The van der Waals surface area contributed by atoms with E-state index in [1.54, 1.807) is 7.05 Å². The number of carbonyl (C=O) groups excluding carboxylic acids is 1. The van der Waals surface area contributed by atoms with Crippen molar-refractivity contribution in [2.24, 2.45) is 16.8 Å². The summed E-state index contributed by atoms with van der Waals surface area (Å²) in [5.41, 5.74) is 2.03. The topological polar surface area (TPSA) is 65.5 Å². The molecule has 0 atom stereocenters. The first kappa shape index (κ1) is 20.3. The van der Waals surface area contributed by atoms with Crippen molar-refractivity contribution >= 4 is 17.6 Å². The zero-order valence-corrected chi connectivity index (χ0v) is 16.5. The van der Waals surface area contributed by atoms with E-state index < -0.39 is 0 Å². The molecule has 1 saturated carbocycles. The van der Waals surface area contributed by atoms with Crippen molar-refractivity contribution < 1.29 is 4.79 Å². The Morgan fingerprint density at radius 3 is 2.42 bits per heavy atom. The van der Waals surface area contributed by atoms with Crippen molar-refractivity contribution in [3.8, 4) is 0 Å². The van der Waals surface area contributed by atoms with E-state index >= 15 is 0 Å². The van der Waals surface area contributed by atoms with Crippen LogP contribution in [-0.4, -0.2) is 26.0 Å². The Bertz CT molecular complexity index is 574. The lowest BCUT2D eigenvalue weighted by atomic mass is 9.79. The van der Waals surface area contributed by atoms with E-state index in [-0.39, 0.29) is 11.8 Å². The molecule has 26 heavy (non-hydrogen) atoms. The minimum Gasteiger partial charge on any atom is -0.359 e. The molecule has 5 nitrogen and oxygen atoms in total. The van der Waals surface area contributed by atoms with E-state index in [0.717, 1.165) is 36.0 Å². The van der Waals surface area contributed by atoms with E-state index in [2.05, 4.69) is 27.9 Å². The SMILES string of the molecule is CCCCC1CCC(C(=O)Nc2ccc(CNC(=NC)NC)cc2)CC1. The standard InChI is InChI=1S/C21H34N4O/c1-4-5-6-16-7-11-18(12-8-16)20(26)25-19-13-9-17(10-14-19)15-24-21(22-2)23-3/h9-10,13-14,16,18H,4-8,11-12,15H2,1-3H3,(H,25,26)(H2,22,23,24). The quantitative estimate of drug-likeness (QED) is 0.511. The van der Waals surface area contributed by atoms with Crippen LogP contribution < -0.4 is 16.0 Å². The van der Waals surface area contributed by atoms with Gasteiger partial charge in [0.25, 0.3) is 0 Å². The molecule has 0 aromatic heterocycles. The molecular formula is C21H34N4O. The summed E-state index contributed by atoms with van der Waals surface area (Å²) in [5, 5.41) is 9.30. The molecule has 0 unspecified atom stereocenters.